The molecule has 1 aliphatic heterocycles. The molecular formula is C22H27N3O3. The number of carbonyl (C=O) groups excluding carboxylic acids is 2. The fraction of sp³-hybridized carbons (Fsp3) is 0.409. The van der Waals surface area contributed by atoms with Crippen LogP contribution in [0.2, 0.25) is 0 Å². The van der Waals surface area contributed by atoms with Crippen molar-refractivity contribution < 1.29 is 14.3 Å². The molecule has 28 heavy (non-hydrogen) atoms. The third-order valence-electron chi connectivity index (χ3n) is 4.95. The first-order valence-electron chi connectivity index (χ1n) is 9.79. The van der Waals surface area contributed by atoms with E-state index in [9.17, 15) is 9.59 Å². The van der Waals surface area contributed by atoms with Crippen LogP contribution in [-0.4, -0.2) is 36.9 Å². The van der Waals surface area contributed by atoms with E-state index in [2.05, 4.69) is 15.2 Å². The van der Waals surface area contributed by atoms with E-state index >= 15 is 0 Å². The first kappa shape index (κ1) is 19.9. The Kier molecular flexibility index (Phi) is 7.00. The Morgan fingerprint density at radius 2 is 1.86 bits per heavy atom. The predicted octanol–water partition coefficient (Wildman–Crippen LogP) is 3.36. The van der Waals surface area contributed by atoms with E-state index in [1.807, 2.05) is 12.1 Å². The van der Waals surface area contributed by atoms with E-state index in [1.54, 1.807) is 37.6 Å². The highest BCUT2D eigenvalue weighted by Gasteiger charge is 2.14. The molecule has 0 aliphatic carbocycles. The molecule has 0 unspecified atom stereocenters. The molecule has 0 spiro atoms. The van der Waals surface area contributed by atoms with Gasteiger partial charge in [-0.2, -0.15) is 0 Å². The maximum Gasteiger partial charge on any atom is 0.220 e. The molecule has 0 radical (unpaired) electrons. The molecule has 0 bridgehead atoms. The average molecular weight is 381 g/mol. The van der Waals surface area contributed by atoms with Gasteiger partial charge in [-0.15, -0.1) is 0 Å². The Morgan fingerprint density at radius 3 is 2.57 bits per heavy atom. The molecule has 6 heteroatoms. The monoisotopic (exact) mass is 381 g/mol. The maximum atomic E-state index is 12.2. The fourth-order valence-corrected chi connectivity index (χ4v) is 3.31. The zero-order chi connectivity index (χ0) is 19.8. The average Bonchev–Trinajstić information content (AvgIpc) is 3.27. The van der Waals surface area contributed by atoms with Crippen LogP contribution in [0.3, 0.4) is 0 Å². The lowest BCUT2D eigenvalue weighted by Gasteiger charge is -2.17. The Hall–Kier alpha value is -2.89. The molecule has 1 aliphatic rings. The summed E-state index contributed by atoms with van der Waals surface area (Å²) in [5.41, 5.74) is 1.69. The lowest BCUT2D eigenvalue weighted by molar-refractivity contribution is -0.121. The first-order valence-corrected chi connectivity index (χ1v) is 9.79. The molecule has 3 rings (SSSR count). The third kappa shape index (κ3) is 5.55. The molecule has 1 amide bonds. The largest absolute Gasteiger partial charge is 0.497 e. The number of amides is 1. The van der Waals surface area contributed by atoms with Gasteiger partial charge in [-0.05, 0) is 61.2 Å². The van der Waals surface area contributed by atoms with Crippen molar-refractivity contribution in [3.63, 3.8) is 0 Å². The van der Waals surface area contributed by atoms with Crippen LogP contribution in [0.4, 0.5) is 5.82 Å². The van der Waals surface area contributed by atoms with Crippen LogP contribution in [-0.2, 0) is 11.3 Å². The number of carbonyl (C=O) groups is 2. The number of hydrogen-bond donors (Lipinski definition) is 1. The summed E-state index contributed by atoms with van der Waals surface area (Å²) in [6.45, 7) is 2.57. The molecule has 1 saturated heterocycles. The number of anilines is 1. The van der Waals surface area contributed by atoms with Crippen LogP contribution in [0.1, 0.15) is 48.0 Å². The molecule has 148 valence electrons. The standard InChI is InChI=1S/C22H27N3O3/c1-28-19-9-7-18(8-10-19)20(26)5-4-6-22(27)24-16-17-11-12-23-21(15-17)25-13-2-3-14-25/h7-12,15H,2-6,13-14,16H2,1H3,(H,24,27). The van der Waals surface area contributed by atoms with Crippen LogP contribution in [0.25, 0.3) is 0 Å². The van der Waals surface area contributed by atoms with Gasteiger partial charge in [0.05, 0.1) is 7.11 Å². The van der Waals surface area contributed by atoms with Crippen molar-refractivity contribution in [3.8, 4) is 5.75 Å². The lowest BCUT2D eigenvalue weighted by atomic mass is 10.1. The molecule has 1 N–H and O–H groups in total. The molecule has 2 heterocycles. The lowest BCUT2D eigenvalue weighted by Crippen LogP contribution is -2.23. The minimum absolute atomic E-state index is 0.0398. The number of nitrogens with zero attached hydrogens (tertiary/aromatic N) is 2. The number of ether oxygens (including phenoxy) is 1. The Bertz CT molecular complexity index is 799. The van der Waals surface area contributed by atoms with Gasteiger partial charge in [0.15, 0.2) is 5.78 Å². The van der Waals surface area contributed by atoms with Gasteiger partial charge in [-0.3, -0.25) is 9.59 Å². The topological polar surface area (TPSA) is 71.5 Å². The number of benzene rings is 1. The minimum atomic E-state index is -0.0398. The Morgan fingerprint density at radius 1 is 1.11 bits per heavy atom. The Balaban J connectivity index is 1.39. The van der Waals surface area contributed by atoms with Crippen molar-refractivity contribution in [3.05, 3.63) is 53.7 Å². The fourth-order valence-electron chi connectivity index (χ4n) is 3.31. The summed E-state index contributed by atoms with van der Waals surface area (Å²) >= 11 is 0. The number of Topliss-reactive ketones (excluding diaryl/α,β-unsaturated/α-hetero) is 1. The van der Waals surface area contributed by atoms with Crippen molar-refractivity contribution >= 4 is 17.5 Å². The Labute approximate surface area is 165 Å². The number of ketones is 1. The quantitative estimate of drug-likeness (QED) is 0.675. The molecular weight excluding hydrogens is 354 g/mol. The molecule has 1 aromatic heterocycles. The zero-order valence-corrected chi connectivity index (χ0v) is 16.3. The summed E-state index contributed by atoms with van der Waals surface area (Å²) in [4.78, 5) is 31.0. The van der Waals surface area contributed by atoms with Gasteiger partial charge in [0, 0.05) is 44.2 Å². The van der Waals surface area contributed by atoms with E-state index in [1.165, 1.54) is 12.8 Å². The van der Waals surface area contributed by atoms with E-state index in [4.69, 9.17) is 4.74 Å². The van der Waals surface area contributed by atoms with Gasteiger partial charge in [-0.25, -0.2) is 4.98 Å². The van der Waals surface area contributed by atoms with Crippen molar-refractivity contribution in [2.24, 2.45) is 0 Å². The summed E-state index contributed by atoms with van der Waals surface area (Å²) in [7, 11) is 1.59. The summed E-state index contributed by atoms with van der Waals surface area (Å²) < 4.78 is 5.09. The second kappa shape index (κ2) is 9.88. The molecule has 2 aromatic rings. The second-order valence-corrected chi connectivity index (χ2v) is 7.00. The summed E-state index contributed by atoms with van der Waals surface area (Å²) in [5, 5.41) is 2.93. The number of aromatic nitrogens is 1. The number of rotatable bonds is 9. The van der Waals surface area contributed by atoms with Crippen molar-refractivity contribution in [2.75, 3.05) is 25.1 Å². The van der Waals surface area contributed by atoms with Gasteiger partial charge < -0.3 is 15.0 Å². The number of methoxy groups -OCH3 is 1. The molecule has 1 aromatic carbocycles. The molecule has 6 nitrogen and oxygen atoms in total. The summed E-state index contributed by atoms with van der Waals surface area (Å²) in [5.74, 6) is 1.70. The van der Waals surface area contributed by atoms with E-state index in [-0.39, 0.29) is 11.7 Å². The van der Waals surface area contributed by atoms with Gasteiger partial charge in [0.25, 0.3) is 0 Å². The van der Waals surface area contributed by atoms with Gasteiger partial charge in [0.2, 0.25) is 5.91 Å². The van der Waals surface area contributed by atoms with Gasteiger partial charge >= 0.3 is 0 Å². The highest BCUT2D eigenvalue weighted by Crippen LogP contribution is 2.18. The minimum Gasteiger partial charge on any atom is -0.497 e. The van der Waals surface area contributed by atoms with Crippen LogP contribution in [0.5, 0.6) is 5.75 Å². The second-order valence-electron chi connectivity index (χ2n) is 7.00. The number of nitrogens with one attached hydrogen (secondary N) is 1. The summed E-state index contributed by atoms with van der Waals surface area (Å²) in [6, 6.07) is 11.0. The van der Waals surface area contributed by atoms with Crippen LogP contribution in [0, 0.1) is 0 Å². The number of hydrogen-bond acceptors (Lipinski definition) is 5. The van der Waals surface area contributed by atoms with Crippen molar-refractivity contribution in [1.29, 1.82) is 0 Å². The van der Waals surface area contributed by atoms with Crippen LogP contribution >= 0.6 is 0 Å². The molecule has 1 fully saturated rings. The zero-order valence-electron chi connectivity index (χ0n) is 16.3. The SMILES string of the molecule is COc1ccc(C(=O)CCCC(=O)NCc2ccnc(N3CCCC3)c2)cc1. The maximum absolute atomic E-state index is 12.2. The normalized spacial score (nSPS) is 13.4. The van der Waals surface area contributed by atoms with E-state index in [0.29, 0.717) is 31.4 Å². The van der Waals surface area contributed by atoms with Crippen LogP contribution in [0.15, 0.2) is 42.6 Å². The highest BCUT2D eigenvalue weighted by atomic mass is 16.5. The molecule has 0 saturated carbocycles. The van der Waals surface area contributed by atoms with E-state index in [0.717, 1.165) is 30.2 Å². The smallest absolute Gasteiger partial charge is 0.220 e. The number of pyridine rings is 1. The van der Waals surface area contributed by atoms with Gasteiger partial charge in [0.1, 0.15) is 11.6 Å². The van der Waals surface area contributed by atoms with Crippen LogP contribution < -0.4 is 15.0 Å². The third-order valence-corrected chi connectivity index (χ3v) is 4.95. The highest BCUT2D eigenvalue weighted by molar-refractivity contribution is 5.96. The van der Waals surface area contributed by atoms with Crippen molar-refractivity contribution in [2.45, 2.75) is 38.6 Å². The van der Waals surface area contributed by atoms with E-state index < -0.39 is 0 Å². The predicted molar refractivity (Wildman–Crippen MR) is 109 cm³/mol. The van der Waals surface area contributed by atoms with Gasteiger partial charge in [-0.1, -0.05) is 0 Å². The summed E-state index contributed by atoms with van der Waals surface area (Å²) in [6.07, 6.45) is 5.44. The first-order chi connectivity index (χ1) is 13.7. The van der Waals surface area contributed by atoms with Crippen molar-refractivity contribution in [1.82, 2.24) is 10.3 Å². The molecule has 0 atom stereocenters.